The van der Waals surface area contributed by atoms with Gasteiger partial charge in [-0.05, 0) is 42.0 Å². The highest BCUT2D eigenvalue weighted by Crippen LogP contribution is 2.41. The van der Waals surface area contributed by atoms with Gasteiger partial charge in [0, 0.05) is 12.1 Å². The molecule has 2 heterocycles. The predicted octanol–water partition coefficient (Wildman–Crippen LogP) is 4.48. The number of hydrogen-bond acceptors (Lipinski definition) is 5. The van der Waals surface area contributed by atoms with Crippen LogP contribution in [0.15, 0.2) is 64.1 Å². The molecule has 2 aromatic carbocycles. The Balaban J connectivity index is 1.48. The number of furan rings is 1. The van der Waals surface area contributed by atoms with Crippen molar-refractivity contribution in [2.45, 2.75) is 31.9 Å². The number of fused-ring (bicyclic) bond motifs is 1. The highest BCUT2D eigenvalue weighted by atomic mass is 19.4. The van der Waals surface area contributed by atoms with E-state index < -0.39 is 24.2 Å². The Kier molecular flexibility index (Phi) is 4.77. The first-order chi connectivity index (χ1) is 14.2. The van der Waals surface area contributed by atoms with E-state index in [1.165, 1.54) is 19.1 Å². The molecule has 1 atom stereocenters. The van der Waals surface area contributed by atoms with Crippen LogP contribution >= 0.6 is 0 Å². The maximum atomic E-state index is 13.3. The zero-order chi connectivity index (χ0) is 21.5. The van der Waals surface area contributed by atoms with Gasteiger partial charge in [0.25, 0.3) is 5.72 Å². The van der Waals surface area contributed by atoms with Crippen molar-refractivity contribution < 1.29 is 32.2 Å². The number of carbonyl (C=O) groups is 1. The first kappa shape index (κ1) is 20.0. The molecule has 0 bridgehead atoms. The monoisotopic (exact) mass is 418 g/mol. The van der Waals surface area contributed by atoms with Crippen LogP contribution in [0.4, 0.5) is 13.2 Å². The molecule has 6 nitrogen and oxygen atoms in total. The lowest BCUT2D eigenvalue weighted by atomic mass is 10.1. The standard InChI is InChI=1S/C21H17F3N2O4/c1-13-11-20(28,21(22,23)24)26(25-13)19(27)18-9-8-17(30-18)12-29-16-7-6-14-4-2-3-5-15(14)10-16/h2-10,28H,11-12H2,1H3/t20-/m1/s1. The largest absolute Gasteiger partial charge is 0.486 e. The van der Waals surface area contributed by atoms with Gasteiger partial charge in [-0.3, -0.25) is 4.79 Å². The fourth-order valence-corrected chi connectivity index (χ4v) is 3.24. The van der Waals surface area contributed by atoms with Crippen molar-refractivity contribution in [2.24, 2.45) is 5.10 Å². The summed E-state index contributed by atoms with van der Waals surface area (Å²) in [5.74, 6) is -0.761. The van der Waals surface area contributed by atoms with E-state index in [-0.39, 0.29) is 28.8 Å². The summed E-state index contributed by atoms with van der Waals surface area (Å²) in [5.41, 5.74) is -3.42. The molecule has 0 saturated heterocycles. The Morgan fingerprint density at radius 1 is 1.20 bits per heavy atom. The third-order valence-corrected chi connectivity index (χ3v) is 4.74. The number of ether oxygens (including phenoxy) is 1. The molecule has 4 rings (SSSR count). The van der Waals surface area contributed by atoms with Crippen molar-refractivity contribution in [1.29, 1.82) is 0 Å². The Hall–Kier alpha value is -3.33. The zero-order valence-electron chi connectivity index (χ0n) is 15.8. The van der Waals surface area contributed by atoms with Crippen molar-refractivity contribution in [3.8, 4) is 5.75 Å². The number of rotatable bonds is 4. The van der Waals surface area contributed by atoms with Crippen LogP contribution < -0.4 is 4.74 Å². The summed E-state index contributed by atoms with van der Waals surface area (Å²) < 4.78 is 50.9. The smallest absolute Gasteiger partial charge is 0.438 e. The van der Waals surface area contributed by atoms with Crippen molar-refractivity contribution >= 4 is 22.4 Å². The molecule has 1 aliphatic heterocycles. The number of alkyl halides is 3. The molecule has 0 spiro atoms. The molecular weight excluding hydrogens is 401 g/mol. The van der Waals surface area contributed by atoms with Crippen LogP contribution in [0, 0.1) is 0 Å². The SMILES string of the molecule is CC1=NN(C(=O)c2ccc(COc3ccc4ccccc4c3)o2)[C@](O)(C(F)(F)F)C1. The van der Waals surface area contributed by atoms with Crippen molar-refractivity contribution in [2.75, 3.05) is 0 Å². The van der Waals surface area contributed by atoms with E-state index in [2.05, 4.69) is 5.10 Å². The minimum atomic E-state index is -5.07. The van der Waals surface area contributed by atoms with Crippen LogP contribution in [-0.4, -0.2) is 33.6 Å². The molecule has 9 heteroatoms. The highest BCUT2D eigenvalue weighted by molar-refractivity contribution is 5.96. The highest BCUT2D eigenvalue weighted by Gasteiger charge is 2.63. The van der Waals surface area contributed by atoms with Gasteiger partial charge in [-0.2, -0.15) is 23.3 Å². The molecule has 1 aliphatic rings. The average Bonchev–Trinajstić information content (AvgIpc) is 3.30. The summed E-state index contributed by atoms with van der Waals surface area (Å²) in [7, 11) is 0. The first-order valence-corrected chi connectivity index (χ1v) is 9.05. The molecule has 0 aliphatic carbocycles. The molecule has 30 heavy (non-hydrogen) atoms. The number of aliphatic hydroxyl groups is 1. The molecule has 0 radical (unpaired) electrons. The van der Waals surface area contributed by atoms with E-state index in [9.17, 15) is 23.1 Å². The Morgan fingerprint density at radius 3 is 2.67 bits per heavy atom. The molecule has 1 aromatic heterocycles. The second kappa shape index (κ2) is 7.17. The van der Waals surface area contributed by atoms with Crippen molar-refractivity contribution in [3.05, 3.63) is 66.1 Å². The van der Waals surface area contributed by atoms with Gasteiger partial charge in [-0.1, -0.05) is 30.3 Å². The summed E-state index contributed by atoms with van der Waals surface area (Å²) in [6.45, 7) is 1.27. The molecule has 156 valence electrons. The topological polar surface area (TPSA) is 75.3 Å². The lowest BCUT2D eigenvalue weighted by molar-refractivity contribution is -0.297. The van der Waals surface area contributed by atoms with Crippen molar-refractivity contribution in [1.82, 2.24) is 5.01 Å². The van der Waals surface area contributed by atoms with Gasteiger partial charge in [0.1, 0.15) is 18.1 Å². The molecule has 0 saturated carbocycles. The quantitative estimate of drug-likeness (QED) is 0.678. The van der Waals surface area contributed by atoms with E-state index in [1.54, 1.807) is 6.07 Å². The van der Waals surface area contributed by atoms with Crippen LogP contribution in [0.5, 0.6) is 5.75 Å². The number of amides is 1. The molecular formula is C21H17F3N2O4. The van der Waals surface area contributed by atoms with E-state index in [0.717, 1.165) is 10.8 Å². The molecule has 0 unspecified atom stereocenters. The molecule has 0 fully saturated rings. The second-order valence-electron chi connectivity index (χ2n) is 7.01. The minimum Gasteiger partial charge on any atom is -0.486 e. The predicted molar refractivity (Wildman–Crippen MR) is 102 cm³/mol. The van der Waals surface area contributed by atoms with Gasteiger partial charge in [0.2, 0.25) is 0 Å². The summed E-state index contributed by atoms with van der Waals surface area (Å²) >= 11 is 0. The van der Waals surface area contributed by atoms with Crippen LogP contribution in [-0.2, 0) is 6.61 Å². The van der Waals surface area contributed by atoms with Crippen LogP contribution in [0.1, 0.15) is 29.7 Å². The van der Waals surface area contributed by atoms with Gasteiger partial charge in [-0.15, -0.1) is 0 Å². The maximum absolute atomic E-state index is 13.3. The Labute approximate surface area is 169 Å². The lowest BCUT2D eigenvalue weighted by Crippen LogP contribution is -2.56. The Morgan fingerprint density at radius 2 is 1.93 bits per heavy atom. The van der Waals surface area contributed by atoms with E-state index in [4.69, 9.17) is 9.15 Å². The van der Waals surface area contributed by atoms with E-state index >= 15 is 0 Å². The maximum Gasteiger partial charge on any atom is 0.438 e. The average molecular weight is 418 g/mol. The van der Waals surface area contributed by atoms with Crippen molar-refractivity contribution in [3.63, 3.8) is 0 Å². The van der Waals surface area contributed by atoms with Gasteiger partial charge in [0.15, 0.2) is 5.76 Å². The normalized spacial score (nSPS) is 19.2. The number of hydrazone groups is 1. The first-order valence-electron chi connectivity index (χ1n) is 9.05. The number of halogens is 3. The second-order valence-corrected chi connectivity index (χ2v) is 7.01. The third-order valence-electron chi connectivity index (χ3n) is 4.74. The van der Waals surface area contributed by atoms with Gasteiger partial charge in [0.05, 0.1) is 0 Å². The number of benzene rings is 2. The van der Waals surface area contributed by atoms with Crippen LogP contribution in [0.25, 0.3) is 10.8 Å². The lowest BCUT2D eigenvalue weighted by Gasteiger charge is -2.32. The molecule has 1 amide bonds. The summed E-state index contributed by atoms with van der Waals surface area (Å²) in [6, 6.07) is 15.9. The minimum absolute atomic E-state index is 0.0189. The van der Waals surface area contributed by atoms with Gasteiger partial charge < -0.3 is 14.3 Å². The molecule has 3 aromatic rings. The third kappa shape index (κ3) is 3.52. The fourth-order valence-electron chi connectivity index (χ4n) is 3.24. The fraction of sp³-hybridized carbons (Fsp3) is 0.238. The summed E-state index contributed by atoms with van der Waals surface area (Å²) in [6.07, 6.45) is -5.89. The summed E-state index contributed by atoms with van der Waals surface area (Å²) in [4.78, 5) is 12.5. The summed E-state index contributed by atoms with van der Waals surface area (Å²) in [5, 5.41) is 15.6. The Bertz CT molecular complexity index is 1140. The zero-order valence-corrected chi connectivity index (χ0v) is 15.8. The number of carbonyl (C=O) groups excluding carboxylic acids is 1. The van der Waals surface area contributed by atoms with Gasteiger partial charge >= 0.3 is 12.1 Å². The van der Waals surface area contributed by atoms with Crippen LogP contribution in [0.2, 0.25) is 0 Å². The van der Waals surface area contributed by atoms with Crippen LogP contribution in [0.3, 0.4) is 0 Å². The van der Waals surface area contributed by atoms with E-state index in [0.29, 0.717) is 5.75 Å². The van der Waals surface area contributed by atoms with Gasteiger partial charge in [-0.25, -0.2) is 0 Å². The number of hydrogen-bond donors (Lipinski definition) is 1. The van der Waals surface area contributed by atoms with E-state index in [1.807, 2.05) is 36.4 Å². The molecule has 1 N–H and O–H groups in total. The number of nitrogens with zero attached hydrogens (tertiary/aromatic N) is 2.